The summed E-state index contributed by atoms with van der Waals surface area (Å²) in [6.07, 6.45) is 2.11. The predicted octanol–water partition coefficient (Wildman–Crippen LogP) is 3.31. The van der Waals surface area contributed by atoms with Crippen LogP contribution < -0.4 is 4.90 Å². The molecular formula is C25H32N2O3. The fourth-order valence-corrected chi connectivity index (χ4v) is 4.69. The van der Waals surface area contributed by atoms with Crippen molar-refractivity contribution in [1.29, 1.82) is 0 Å². The van der Waals surface area contributed by atoms with Gasteiger partial charge in [0.15, 0.2) is 0 Å². The first-order chi connectivity index (χ1) is 14.4. The van der Waals surface area contributed by atoms with Gasteiger partial charge in [0.25, 0.3) is 0 Å². The fraction of sp³-hybridized carbons (Fsp3) is 0.480. The first kappa shape index (κ1) is 21.0. The molecule has 2 aromatic rings. The SMILES string of the molecule is CCC(=O)N1CCc2cc(C(O)CN3CCC(O)(c4ccc(C)cc4)CC3)ccc21. The number of fused-ring (bicyclic) bond motifs is 1. The van der Waals surface area contributed by atoms with E-state index in [1.165, 1.54) is 5.56 Å². The Hall–Kier alpha value is -2.21. The summed E-state index contributed by atoms with van der Waals surface area (Å²) in [5, 5.41) is 21.9. The van der Waals surface area contributed by atoms with Crippen LogP contribution in [0.4, 0.5) is 5.69 Å². The van der Waals surface area contributed by atoms with Crippen LogP contribution in [0.5, 0.6) is 0 Å². The van der Waals surface area contributed by atoms with Crippen LogP contribution in [0, 0.1) is 6.92 Å². The number of nitrogens with zero attached hydrogens (tertiary/aromatic N) is 2. The van der Waals surface area contributed by atoms with Crippen molar-refractivity contribution in [2.24, 2.45) is 0 Å². The lowest BCUT2D eigenvalue weighted by atomic mass is 9.84. The highest BCUT2D eigenvalue weighted by atomic mass is 16.3. The van der Waals surface area contributed by atoms with Gasteiger partial charge in [0.1, 0.15) is 0 Å². The van der Waals surface area contributed by atoms with Crippen molar-refractivity contribution >= 4 is 11.6 Å². The number of amides is 1. The summed E-state index contributed by atoms with van der Waals surface area (Å²) in [5.74, 6) is 0.149. The highest BCUT2D eigenvalue weighted by molar-refractivity contribution is 5.95. The number of hydrogen-bond acceptors (Lipinski definition) is 4. The molecule has 1 saturated heterocycles. The molecule has 160 valence electrons. The Morgan fingerprint density at radius 2 is 1.80 bits per heavy atom. The molecule has 2 aromatic carbocycles. The topological polar surface area (TPSA) is 64.0 Å². The quantitative estimate of drug-likeness (QED) is 0.797. The molecule has 5 nitrogen and oxygen atoms in total. The number of carbonyl (C=O) groups is 1. The lowest BCUT2D eigenvalue weighted by molar-refractivity contribution is -0.118. The summed E-state index contributed by atoms with van der Waals surface area (Å²) in [4.78, 5) is 16.2. The van der Waals surface area contributed by atoms with E-state index in [9.17, 15) is 15.0 Å². The Bertz CT molecular complexity index is 901. The second-order valence-corrected chi connectivity index (χ2v) is 8.75. The van der Waals surface area contributed by atoms with Gasteiger partial charge in [-0.05, 0) is 48.9 Å². The highest BCUT2D eigenvalue weighted by Crippen LogP contribution is 2.34. The molecule has 1 amide bonds. The lowest BCUT2D eigenvalue weighted by Crippen LogP contribution is -2.43. The number of anilines is 1. The van der Waals surface area contributed by atoms with Gasteiger partial charge < -0.3 is 20.0 Å². The second kappa shape index (κ2) is 8.50. The summed E-state index contributed by atoms with van der Waals surface area (Å²) in [7, 11) is 0. The van der Waals surface area contributed by atoms with Gasteiger partial charge in [-0.1, -0.05) is 48.9 Å². The summed E-state index contributed by atoms with van der Waals surface area (Å²) < 4.78 is 0. The highest BCUT2D eigenvalue weighted by Gasteiger charge is 2.34. The average molecular weight is 409 g/mol. The zero-order chi connectivity index (χ0) is 21.3. The van der Waals surface area contributed by atoms with E-state index in [2.05, 4.69) is 17.9 Å². The fourth-order valence-electron chi connectivity index (χ4n) is 4.69. The maximum Gasteiger partial charge on any atom is 0.226 e. The van der Waals surface area contributed by atoms with Crippen molar-refractivity contribution in [2.45, 2.75) is 51.2 Å². The van der Waals surface area contributed by atoms with Gasteiger partial charge in [-0.15, -0.1) is 0 Å². The van der Waals surface area contributed by atoms with Crippen LogP contribution in [0.2, 0.25) is 0 Å². The minimum atomic E-state index is -0.780. The molecule has 30 heavy (non-hydrogen) atoms. The molecule has 4 rings (SSSR count). The molecular weight excluding hydrogens is 376 g/mol. The number of carbonyl (C=O) groups excluding carboxylic acids is 1. The largest absolute Gasteiger partial charge is 0.387 e. The Kier molecular flexibility index (Phi) is 5.96. The van der Waals surface area contributed by atoms with Gasteiger partial charge in [0.05, 0.1) is 11.7 Å². The molecule has 1 unspecified atom stereocenters. The van der Waals surface area contributed by atoms with Gasteiger partial charge in [-0.2, -0.15) is 0 Å². The van der Waals surface area contributed by atoms with Crippen LogP contribution in [0.1, 0.15) is 54.5 Å². The van der Waals surface area contributed by atoms with E-state index in [1.54, 1.807) is 0 Å². The summed E-state index contributed by atoms with van der Waals surface area (Å²) in [5.41, 5.74) is 4.42. The number of rotatable bonds is 5. The zero-order valence-corrected chi connectivity index (χ0v) is 18.0. The number of aryl methyl sites for hydroxylation is 1. The minimum Gasteiger partial charge on any atom is -0.387 e. The Labute approximate surface area is 178 Å². The van der Waals surface area contributed by atoms with Crippen LogP contribution in [0.15, 0.2) is 42.5 Å². The van der Waals surface area contributed by atoms with Gasteiger partial charge in [-0.3, -0.25) is 4.79 Å². The molecule has 2 N–H and O–H groups in total. The standard InChI is InChI=1S/C25H32N2O3/c1-3-24(29)27-13-10-19-16-20(6-9-22(19)27)23(28)17-26-14-11-25(30,12-15-26)21-7-4-18(2)5-8-21/h4-9,16,23,28,30H,3,10-15,17H2,1-2H3. The van der Waals surface area contributed by atoms with Crippen molar-refractivity contribution in [3.63, 3.8) is 0 Å². The average Bonchev–Trinajstić information content (AvgIpc) is 3.18. The van der Waals surface area contributed by atoms with Crippen molar-refractivity contribution in [2.75, 3.05) is 31.1 Å². The monoisotopic (exact) mass is 408 g/mol. The first-order valence-electron chi connectivity index (χ1n) is 11.0. The van der Waals surface area contributed by atoms with Gasteiger partial charge in [0.2, 0.25) is 5.91 Å². The molecule has 0 radical (unpaired) electrons. The van der Waals surface area contributed by atoms with E-state index in [-0.39, 0.29) is 5.91 Å². The first-order valence-corrected chi connectivity index (χ1v) is 11.0. The Balaban J connectivity index is 1.37. The summed E-state index contributed by atoms with van der Waals surface area (Å²) >= 11 is 0. The molecule has 2 aliphatic heterocycles. The van der Waals surface area contributed by atoms with Crippen molar-refractivity contribution in [3.8, 4) is 0 Å². The van der Waals surface area contributed by atoms with E-state index in [0.29, 0.717) is 25.8 Å². The molecule has 0 aromatic heterocycles. The predicted molar refractivity (Wildman–Crippen MR) is 118 cm³/mol. The molecule has 0 spiro atoms. The third-order valence-electron chi connectivity index (χ3n) is 6.69. The Morgan fingerprint density at radius 1 is 1.10 bits per heavy atom. The van der Waals surface area contributed by atoms with Crippen LogP contribution in [0.3, 0.4) is 0 Å². The maximum atomic E-state index is 12.1. The van der Waals surface area contributed by atoms with E-state index in [0.717, 1.165) is 48.4 Å². The van der Waals surface area contributed by atoms with Crippen LogP contribution in [-0.2, 0) is 16.8 Å². The van der Waals surface area contributed by atoms with E-state index in [1.807, 2.05) is 48.2 Å². The van der Waals surface area contributed by atoms with E-state index >= 15 is 0 Å². The number of β-amino-alcohol motifs (C(OH)–C–C–N with tert-alkyl or cyclic N) is 1. The molecule has 2 aliphatic rings. The van der Waals surface area contributed by atoms with Crippen LogP contribution in [0.25, 0.3) is 0 Å². The summed E-state index contributed by atoms with van der Waals surface area (Å²) in [6.45, 7) is 6.73. The summed E-state index contributed by atoms with van der Waals surface area (Å²) in [6, 6.07) is 14.1. The van der Waals surface area contributed by atoms with Gasteiger partial charge >= 0.3 is 0 Å². The Morgan fingerprint density at radius 3 is 2.47 bits per heavy atom. The number of benzene rings is 2. The van der Waals surface area contributed by atoms with Crippen LogP contribution >= 0.6 is 0 Å². The number of aliphatic hydroxyl groups excluding tert-OH is 1. The van der Waals surface area contributed by atoms with Crippen molar-refractivity contribution in [1.82, 2.24) is 4.90 Å². The number of likely N-dealkylation sites (tertiary alicyclic amines) is 1. The number of piperidine rings is 1. The molecule has 5 heteroatoms. The molecule has 1 atom stereocenters. The lowest BCUT2D eigenvalue weighted by Gasteiger charge is -2.39. The molecule has 0 aliphatic carbocycles. The van der Waals surface area contributed by atoms with E-state index in [4.69, 9.17) is 0 Å². The smallest absolute Gasteiger partial charge is 0.226 e. The van der Waals surface area contributed by atoms with E-state index < -0.39 is 11.7 Å². The minimum absolute atomic E-state index is 0.149. The van der Waals surface area contributed by atoms with Crippen LogP contribution in [-0.4, -0.2) is 47.2 Å². The van der Waals surface area contributed by atoms with Crippen molar-refractivity contribution < 1.29 is 15.0 Å². The maximum absolute atomic E-state index is 12.1. The van der Waals surface area contributed by atoms with Crippen molar-refractivity contribution in [3.05, 3.63) is 64.7 Å². The third kappa shape index (κ3) is 4.15. The van der Waals surface area contributed by atoms with Gasteiger partial charge in [0, 0.05) is 38.3 Å². The second-order valence-electron chi connectivity index (χ2n) is 8.75. The third-order valence-corrected chi connectivity index (χ3v) is 6.69. The number of aliphatic hydroxyl groups is 2. The normalized spacial score (nSPS) is 19.5. The molecule has 2 heterocycles. The van der Waals surface area contributed by atoms with Gasteiger partial charge in [-0.25, -0.2) is 0 Å². The molecule has 0 bridgehead atoms. The zero-order valence-electron chi connectivity index (χ0n) is 18.0. The molecule has 1 fully saturated rings. The molecule has 0 saturated carbocycles. The number of hydrogen-bond donors (Lipinski definition) is 2.